The Kier molecular flexibility index (Phi) is 24.2. The number of hydrogen-bond acceptors (Lipinski definition) is 4. The highest BCUT2D eigenvalue weighted by Gasteiger charge is 2.49. The lowest BCUT2D eigenvalue weighted by Crippen LogP contribution is -2.46. The zero-order valence-corrected chi connectivity index (χ0v) is 30.6. The number of aliphatic hydroxyl groups excluding tert-OH is 1. The van der Waals surface area contributed by atoms with Gasteiger partial charge in [-0.05, 0) is 79.0 Å². The number of ether oxygens (including phenoxy) is 1. The van der Waals surface area contributed by atoms with E-state index in [1.807, 2.05) is 13.8 Å². The molecule has 9 heteroatoms. The summed E-state index contributed by atoms with van der Waals surface area (Å²) in [5.41, 5.74) is 3.10. The zero-order valence-electron chi connectivity index (χ0n) is 29.8. The number of rotatable bonds is 14. The molecule has 1 saturated carbocycles. The molecule has 1 aromatic rings. The highest BCUT2D eigenvalue weighted by Crippen LogP contribution is 2.48. The average Bonchev–Trinajstić information content (AvgIpc) is 3.10. The SMILES string of the molecule is C=CC(=C)F.CC.CCCC(CCC)c1cc(C(CC)CCC)c(OC2C(F)=C(F)C(SO)C(F)C2F)c(C2CCCCC2)c1.CO. The minimum Gasteiger partial charge on any atom is -0.479 e. The quantitative estimate of drug-likeness (QED) is 0.116. The van der Waals surface area contributed by atoms with Crippen LogP contribution >= 0.6 is 12.0 Å². The van der Waals surface area contributed by atoms with E-state index in [0.29, 0.717) is 11.7 Å². The second-order valence-electron chi connectivity index (χ2n) is 11.8. The lowest BCUT2D eigenvalue weighted by atomic mass is 9.77. The van der Waals surface area contributed by atoms with Crippen LogP contribution in [0.25, 0.3) is 0 Å². The third kappa shape index (κ3) is 13.2. The molecule has 5 unspecified atom stereocenters. The van der Waals surface area contributed by atoms with Gasteiger partial charge in [-0.1, -0.05) is 105 Å². The fourth-order valence-corrected chi connectivity index (χ4v) is 6.90. The molecule has 272 valence electrons. The molecule has 0 amide bonds. The fraction of sp³-hybridized carbons (Fsp3) is 0.684. The molecule has 2 aliphatic rings. The summed E-state index contributed by atoms with van der Waals surface area (Å²) >= 11 is -0.207. The molecule has 0 spiro atoms. The fourth-order valence-electron chi connectivity index (χ4n) is 6.43. The molecule has 2 aliphatic carbocycles. The van der Waals surface area contributed by atoms with E-state index in [2.05, 4.69) is 53.0 Å². The number of halogens is 5. The monoisotopic (exact) mass is 692 g/mol. The Hall–Kier alpha value is -1.84. The summed E-state index contributed by atoms with van der Waals surface area (Å²) in [6.45, 7) is 18.6. The first-order chi connectivity index (χ1) is 22.6. The predicted molar refractivity (Wildman–Crippen MR) is 190 cm³/mol. The van der Waals surface area contributed by atoms with Gasteiger partial charge in [0.1, 0.15) is 16.8 Å². The summed E-state index contributed by atoms with van der Waals surface area (Å²) in [5.74, 6) is -2.32. The summed E-state index contributed by atoms with van der Waals surface area (Å²) in [6.07, 6.45) is 6.32. The van der Waals surface area contributed by atoms with Crippen LogP contribution in [0.1, 0.15) is 153 Å². The minimum atomic E-state index is -2.43. The second kappa shape index (κ2) is 25.2. The highest BCUT2D eigenvalue weighted by atomic mass is 32.2. The van der Waals surface area contributed by atoms with Crippen molar-refractivity contribution < 1.29 is 36.3 Å². The molecule has 0 aromatic heterocycles. The van der Waals surface area contributed by atoms with Crippen molar-refractivity contribution in [3.05, 3.63) is 65.5 Å². The van der Waals surface area contributed by atoms with Crippen molar-refractivity contribution in [1.82, 2.24) is 0 Å². The van der Waals surface area contributed by atoms with Gasteiger partial charge in [0.05, 0.1) is 0 Å². The third-order valence-electron chi connectivity index (χ3n) is 8.72. The summed E-state index contributed by atoms with van der Waals surface area (Å²) < 4.78 is 86.4. The Morgan fingerprint density at radius 3 is 1.87 bits per heavy atom. The summed E-state index contributed by atoms with van der Waals surface area (Å²) in [5, 5.41) is 5.08. The van der Waals surface area contributed by atoms with Crippen molar-refractivity contribution >= 4 is 12.0 Å². The zero-order chi connectivity index (χ0) is 36.1. The predicted octanol–water partition coefficient (Wildman–Crippen LogP) is 13.2. The van der Waals surface area contributed by atoms with Crippen molar-refractivity contribution in [2.75, 3.05) is 7.11 Å². The second-order valence-corrected chi connectivity index (χ2v) is 12.6. The maximum atomic E-state index is 15.3. The molecular formula is C38H61F5O3S. The lowest BCUT2D eigenvalue weighted by Gasteiger charge is -2.35. The van der Waals surface area contributed by atoms with Crippen LogP contribution in [0.5, 0.6) is 5.75 Å². The van der Waals surface area contributed by atoms with Crippen LogP contribution in [-0.4, -0.2) is 40.5 Å². The maximum Gasteiger partial charge on any atom is 0.186 e. The molecule has 0 heterocycles. The number of alkyl halides is 2. The van der Waals surface area contributed by atoms with Gasteiger partial charge in [-0.15, -0.1) is 0 Å². The van der Waals surface area contributed by atoms with Gasteiger partial charge in [-0.25, -0.2) is 22.0 Å². The summed E-state index contributed by atoms with van der Waals surface area (Å²) in [6, 6.07) is 4.34. The van der Waals surface area contributed by atoms with E-state index in [9.17, 15) is 17.7 Å². The van der Waals surface area contributed by atoms with E-state index in [1.54, 1.807) is 0 Å². The molecule has 1 fully saturated rings. The standard InChI is InChI=1S/C31H46F4O2S.C4H5F.C2H6.CH4O/c1-5-12-19(8-4)23-17-22(20(13-6-2)14-7-3)18-24(21-15-10-9-11-16-21)29(23)37-30-25(32)27(34)31(38-36)28(35)26(30)33;1-3-4(2)5;2*1-2/h17-21,25,27,30-31,36H,5-16H2,1-4H3;3H,1-2H2;1-2H3;2H,1H3. The molecule has 0 radical (unpaired) electrons. The van der Waals surface area contributed by atoms with Gasteiger partial charge in [0, 0.05) is 19.2 Å². The molecule has 5 atom stereocenters. The first-order valence-electron chi connectivity index (χ1n) is 17.5. The van der Waals surface area contributed by atoms with Crippen LogP contribution in [-0.2, 0) is 0 Å². The average molecular weight is 693 g/mol. The number of benzene rings is 1. The van der Waals surface area contributed by atoms with Crippen molar-refractivity contribution in [1.29, 1.82) is 0 Å². The molecular weight excluding hydrogens is 631 g/mol. The smallest absolute Gasteiger partial charge is 0.186 e. The first kappa shape index (κ1) is 45.2. The maximum absolute atomic E-state index is 15.3. The number of aliphatic hydroxyl groups is 1. The minimum absolute atomic E-state index is 0.113. The number of hydrogen-bond donors (Lipinski definition) is 2. The number of allylic oxidation sites excluding steroid dienone is 2. The first-order valence-corrected chi connectivity index (χ1v) is 18.3. The van der Waals surface area contributed by atoms with E-state index in [1.165, 1.54) is 5.56 Å². The van der Waals surface area contributed by atoms with Gasteiger partial charge in [0.15, 0.2) is 30.1 Å². The molecule has 47 heavy (non-hydrogen) atoms. The van der Waals surface area contributed by atoms with Crippen LogP contribution < -0.4 is 4.74 Å². The normalized spacial score (nSPS) is 21.8. The van der Waals surface area contributed by atoms with E-state index in [0.717, 1.165) is 101 Å². The summed E-state index contributed by atoms with van der Waals surface area (Å²) in [7, 11) is 1.00. The van der Waals surface area contributed by atoms with Crippen LogP contribution in [0.2, 0.25) is 0 Å². The van der Waals surface area contributed by atoms with E-state index in [4.69, 9.17) is 9.84 Å². The lowest BCUT2D eigenvalue weighted by molar-refractivity contribution is 0.0325. The summed E-state index contributed by atoms with van der Waals surface area (Å²) in [4.78, 5) is 0. The Balaban J connectivity index is 0.00000211. The molecule has 3 nitrogen and oxygen atoms in total. The third-order valence-corrected chi connectivity index (χ3v) is 9.41. The molecule has 1 aromatic carbocycles. The van der Waals surface area contributed by atoms with Gasteiger partial charge in [0.25, 0.3) is 0 Å². The van der Waals surface area contributed by atoms with Crippen molar-refractivity contribution in [3.8, 4) is 5.75 Å². The molecule has 0 bridgehead atoms. The van der Waals surface area contributed by atoms with Gasteiger partial charge < -0.3 is 14.4 Å². The van der Waals surface area contributed by atoms with Crippen LogP contribution in [0.3, 0.4) is 0 Å². The van der Waals surface area contributed by atoms with Gasteiger partial charge in [-0.3, -0.25) is 0 Å². The van der Waals surface area contributed by atoms with Crippen molar-refractivity contribution in [2.45, 2.75) is 160 Å². The Morgan fingerprint density at radius 2 is 1.43 bits per heavy atom. The molecule has 0 saturated heterocycles. The highest BCUT2D eigenvalue weighted by molar-refractivity contribution is 7.94. The Labute approximate surface area is 286 Å². The van der Waals surface area contributed by atoms with Crippen molar-refractivity contribution in [2.24, 2.45) is 0 Å². The molecule has 2 N–H and O–H groups in total. The molecule has 0 aliphatic heterocycles. The van der Waals surface area contributed by atoms with Crippen LogP contribution in [0.4, 0.5) is 22.0 Å². The van der Waals surface area contributed by atoms with E-state index < -0.39 is 41.2 Å². The van der Waals surface area contributed by atoms with Gasteiger partial charge in [-0.2, -0.15) is 0 Å². The topological polar surface area (TPSA) is 49.7 Å². The van der Waals surface area contributed by atoms with E-state index >= 15 is 8.78 Å². The van der Waals surface area contributed by atoms with Crippen LogP contribution in [0, 0.1) is 0 Å². The largest absolute Gasteiger partial charge is 0.479 e. The van der Waals surface area contributed by atoms with Gasteiger partial charge >= 0.3 is 0 Å². The van der Waals surface area contributed by atoms with Gasteiger partial charge in [0.2, 0.25) is 0 Å². The van der Waals surface area contributed by atoms with Crippen molar-refractivity contribution in [3.63, 3.8) is 0 Å². The van der Waals surface area contributed by atoms with E-state index in [-0.39, 0.29) is 23.9 Å². The van der Waals surface area contributed by atoms with Crippen LogP contribution in [0.15, 0.2) is 48.8 Å². The Bertz CT molecular complexity index is 1030. The Morgan fingerprint density at radius 1 is 0.915 bits per heavy atom. The molecule has 3 rings (SSSR count).